The second-order valence-corrected chi connectivity index (χ2v) is 9.39. The summed E-state index contributed by atoms with van der Waals surface area (Å²) in [6.07, 6.45) is 4.35. The lowest BCUT2D eigenvalue weighted by molar-refractivity contribution is -0.120. The van der Waals surface area contributed by atoms with Gasteiger partial charge in [0, 0.05) is 23.5 Å². The van der Waals surface area contributed by atoms with Crippen molar-refractivity contribution < 1.29 is 9.84 Å². The molecule has 2 aromatic rings. The minimum Gasteiger partial charge on any atom is -0.508 e. The Kier molecular flexibility index (Phi) is 3.30. The van der Waals surface area contributed by atoms with Crippen molar-refractivity contribution in [1.29, 1.82) is 0 Å². The lowest BCUT2D eigenvalue weighted by Gasteiger charge is -2.62. The predicted molar refractivity (Wildman–Crippen MR) is 104 cm³/mol. The molecule has 1 aliphatic heterocycles. The van der Waals surface area contributed by atoms with E-state index in [1.165, 1.54) is 23.1 Å². The molecule has 2 aliphatic carbocycles. The quantitative estimate of drug-likeness (QED) is 0.796. The van der Waals surface area contributed by atoms with Gasteiger partial charge in [-0.3, -0.25) is 0 Å². The van der Waals surface area contributed by atoms with Crippen LogP contribution in [0.2, 0.25) is 0 Å². The Labute approximate surface area is 156 Å². The third kappa shape index (κ3) is 2.11. The van der Waals surface area contributed by atoms with Crippen LogP contribution in [-0.4, -0.2) is 10.7 Å². The maximum atomic E-state index is 10.3. The van der Waals surface area contributed by atoms with Gasteiger partial charge >= 0.3 is 0 Å². The first-order valence-electron chi connectivity index (χ1n) is 9.99. The van der Waals surface area contributed by atoms with Crippen LogP contribution in [0.5, 0.6) is 11.5 Å². The van der Waals surface area contributed by atoms with Crippen LogP contribution in [0.3, 0.4) is 0 Å². The van der Waals surface area contributed by atoms with E-state index >= 15 is 0 Å². The van der Waals surface area contributed by atoms with Gasteiger partial charge in [-0.15, -0.1) is 0 Å². The summed E-state index contributed by atoms with van der Waals surface area (Å²) in [6, 6.07) is 14.5. The number of benzene rings is 2. The Morgan fingerprint density at radius 1 is 1.08 bits per heavy atom. The number of hydrogen-bond donors (Lipinski definition) is 1. The van der Waals surface area contributed by atoms with Crippen LogP contribution in [0.15, 0.2) is 42.5 Å². The molecule has 2 nitrogen and oxygen atoms in total. The number of rotatable bonds is 3. The van der Waals surface area contributed by atoms with Crippen molar-refractivity contribution in [2.45, 2.75) is 58.0 Å². The summed E-state index contributed by atoms with van der Waals surface area (Å²) in [5.41, 5.74) is 4.26. The molecule has 4 atom stereocenters. The molecule has 26 heavy (non-hydrogen) atoms. The summed E-state index contributed by atoms with van der Waals surface area (Å²) >= 11 is 0. The molecule has 2 fully saturated rings. The van der Waals surface area contributed by atoms with Crippen LogP contribution in [0.25, 0.3) is 0 Å². The smallest absolute Gasteiger partial charge is 0.127 e. The zero-order valence-corrected chi connectivity index (χ0v) is 16.0. The Hall–Kier alpha value is -1.96. The minimum absolute atomic E-state index is 0.0532. The zero-order chi connectivity index (χ0) is 18.1. The normalized spacial score (nSPS) is 33.0. The number of fused-ring (bicyclic) bond motifs is 2. The second-order valence-electron chi connectivity index (χ2n) is 9.39. The molecule has 1 heterocycles. The number of aromatic hydroxyl groups is 1. The summed E-state index contributed by atoms with van der Waals surface area (Å²) in [5.74, 6) is 3.22. The van der Waals surface area contributed by atoms with Gasteiger partial charge in [-0.2, -0.15) is 0 Å². The van der Waals surface area contributed by atoms with E-state index in [-0.39, 0.29) is 5.60 Å². The van der Waals surface area contributed by atoms with Gasteiger partial charge < -0.3 is 9.84 Å². The van der Waals surface area contributed by atoms with E-state index in [0.29, 0.717) is 23.0 Å². The van der Waals surface area contributed by atoms with E-state index < -0.39 is 0 Å². The summed E-state index contributed by atoms with van der Waals surface area (Å²) in [5, 5.41) is 10.3. The molecule has 0 unspecified atom stereocenters. The summed E-state index contributed by atoms with van der Waals surface area (Å²) in [7, 11) is 0. The van der Waals surface area contributed by atoms with E-state index in [2.05, 4.69) is 51.1 Å². The van der Waals surface area contributed by atoms with Gasteiger partial charge in [0.15, 0.2) is 0 Å². The maximum Gasteiger partial charge on any atom is 0.127 e. The van der Waals surface area contributed by atoms with Crippen molar-refractivity contribution in [3.8, 4) is 11.5 Å². The third-order valence-corrected chi connectivity index (χ3v) is 7.60. The molecule has 136 valence electrons. The highest BCUT2D eigenvalue weighted by atomic mass is 16.5. The summed E-state index contributed by atoms with van der Waals surface area (Å²) in [6.45, 7) is 7.16. The van der Waals surface area contributed by atoms with Gasteiger partial charge in [0.25, 0.3) is 0 Å². The average molecular weight is 348 g/mol. The van der Waals surface area contributed by atoms with Crippen molar-refractivity contribution in [3.63, 3.8) is 0 Å². The lowest BCUT2D eigenvalue weighted by atomic mass is 9.44. The largest absolute Gasteiger partial charge is 0.508 e. The molecule has 3 aliphatic rings. The molecule has 2 saturated carbocycles. The van der Waals surface area contributed by atoms with Crippen molar-refractivity contribution in [3.05, 3.63) is 59.2 Å². The molecule has 2 aromatic carbocycles. The van der Waals surface area contributed by atoms with E-state index in [1.54, 1.807) is 0 Å². The molecule has 0 radical (unpaired) electrons. The molecule has 0 spiro atoms. The molecule has 0 amide bonds. The lowest BCUT2D eigenvalue weighted by Crippen LogP contribution is -2.59. The highest BCUT2D eigenvalue weighted by molar-refractivity contribution is 5.54. The SMILES string of the molecule is CC1(C)[C@H]2CC[C@]3(C)Oc4cc(O)cc(CCc5ccccc5)c4[C@H]1[C@@H]23. The first-order valence-corrected chi connectivity index (χ1v) is 9.99. The fourth-order valence-electron chi connectivity index (χ4n) is 6.37. The number of hydrogen-bond acceptors (Lipinski definition) is 2. The van der Waals surface area contributed by atoms with Gasteiger partial charge in [0.1, 0.15) is 17.1 Å². The van der Waals surface area contributed by atoms with Crippen molar-refractivity contribution >= 4 is 0 Å². The predicted octanol–water partition coefficient (Wildman–Crippen LogP) is 5.48. The fourth-order valence-corrected chi connectivity index (χ4v) is 6.37. The Balaban J connectivity index is 1.56. The number of aryl methyl sites for hydroxylation is 2. The molecule has 0 aromatic heterocycles. The van der Waals surface area contributed by atoms with Crippen LogP contribution >= 0.6 is 0 Å². The van der Waals surface area contributed by atoms with E-state index in [9.17, 15) is 5.11 Å². The van der Waals surface area contributed by atoms with Crippen molar-refractivity contribution in [2.75, 3.05) is 0 Å². The van der Waals surface area contributed by atoms with Gasteiger partial charge in [-0.25, -0.2) is 0 Å². The Morgan fingerprint density at radius 3 is 2.62 bits per heavy atom. The molecule has 0 bridgehead atoms. The number of ether oxygens (including phenoxy) is 1. The second kappa shape index (κ2) is 5.28. The molecular formula is C24H28O2. The first-order chi connectivity index (χ1) is 12.4. The maximum absolute atomic E-state index is 10.3. The highest BCUT2D eigenvalue weighted by Crippen LogP contribution is 2.73. The van der Waals surface area contributed by atoms with Crippen LogP contribution < -0.4 is 4.74 Å². The van der Waals surface area contributed by atoms with Crippen LogP contribution in [0.4, 0.5) is 0 Å². The van der Waals surface area contributed by atoms with Crippen LogP contribution in [0.1, 0.15) is 56.2 Å². The van der Waals surface area contributed by atoms with Crippen LogP contribution in [0, 0.1) is 17.3 Å². The Morgan fingerprint density at radius 2 is 1.85 bits per heavy atom. The van der Waals surface area contributed by atoms with E-state index in [4.69, 9.17) is 4.74 Å². The fraction of sp³-hybridized carbons (Fsp3) is 0.500. The van der Waals surface area contributed by atoms with E-state index in [1.807, 2.05) is 12.1 Å². The van der Waals surface area contributed by atoms with Crippen LogP contribution in [-0.2, 0) is 12.8 Å². The standard InChI is InChI=1S/C24H28O2/c1-23(2)18-11-12-24(3)21(18)22(23)20-16(13-17(25)14-19(20)26-24)10-9-15-7-5-4-6-8-15/h4-8,13-14,18,21-22,25H,9-12H2,1-3H3/t18-,21+,22-,24-/m0/s1. The van der Waals surface area contributed by atoms with Crippen molar-refractivity contribution in [2.24, 2.45) is 17.3 Å². The average Bonchev–Trinajstić information content (AvgIpc) is 2.94. The topological polar surface area (TPSA) is 29.5 Å². The summed E-state index contributed by atoms with van der Waals surface area (Å²) in [4.78, 5) is 0. The molecule has 2 heteroatoms. The highest BCUT2D eigenvalue weighted by Gasteiger charge is 2.69. The molecule has 5 rings (SSSR count). The van der Waals surface area contributed by atoms with Crippen molar-refractivity contribution in [1.82, 2.24) is 0 Å². The van der Waals surface area contributed by atoms with Gasteiger partial charge in [-0.05, 0) is 61.1 Å². The minimum atomic E-state index is -0.0532. The monoisotopic (exact) mass is 348 g/mol. The van der Waals surface area contributed by atoms with Gasteiger partial charge in [-0.1, -0.05) is 44.2 Å². The van der Waals surface area contributed by atoms with Gasteiger partial charge in [0.05, 0.1) is 0 Å². The molecule has 1 N–H and O–H groups in total. The molecule has 0 saturated heterocycles. The number of phenols is 1. The Bertz CT molecular complexity index is 854. The number of phenolic OH excluding ortho intramolecular Hbond substituents is 1. The van der Waals surface area contributed by atoms with Gasteiger partial charge in [0.2, 0.25) is 0 Å². The molecular weight excluding hydrogens is 320 g/mol. The summed E-state index contributed by atoms with van der Waals surface area (Å²) < 4.78 is 6.55. The first kappa shape index (κ1) is 16.2. The third-order valence-electron chi connectivity index (χ3n) is 7.60. The zero-order valence-electron chi connectivity index (χ0n) is 16.0. The van der Waals surface area contributed by atoms with E-state index in [0.717, 1.165) is 30.9 Å².